The molecule has 2 N–H and O–H groups in total. The van der Waals surface area contributed by atoms with Crippen LogP contribution in [-0.4, -0.2) is 24.5 Å². The number of furan rings is 1. The quantitative estimate of drug-likeness (QED) is 0.757. The minimum absolute atomic E-state index is 0.0611. The zero-order valence-corrected chi connectivity index (χ0v) is 9.53. The molecular weight excluding hydrogens is 204 g/mol. The number of amides is 1. The second-order valence-electron chi connectivity index (χ2n) is 4.41. The van der Waals surface area contributed by atoms with E-state index in [1.165, 1.54) is 12.8 Å². The van der Waals surface area contributed by atoms with Crippen molar-refractivity contribution < 1.29 is 9.21 Å². The molecule has 1 amide bonds. The van der Waals surface area contributed by atoms with Crippen LogP contribution in [0.15, 0.2) is 22.8 Å². The Balaban J connectivity index is 1.65. The summed E-state index contributed by atoms with van der Waals surface area (Å²) >= 11 is 0. The molecule has 88 valence electrons. The molecule has 16 heavy (non-hydrogen) atoms. The van der Waals surface area contributed by atoms with E-state index in [4.69, 9.17) is 4.42 Å². The Labute approximate surface area is 95.4 Å². The highest BCUT2D eigenvalue weighted by Crippen LogP contribution is 2.17. The molecule has 1 aromatic heterocycles. The number of hydrogen-bond acceptors (Lipinski definition) is 3. The van der Waals surface area contributed by atoms with Crippen molar-refractivity contribution >= 4 is 5.91 Å². The first-order valence-corrected chi connectivity index (χ1v) is 5.79. The normalized spacial score (nSPS) is 17.1. The number of carbonyl (C=O) groups excluding carboxylic acids is 1. The second kappa shape index (κ2) is 5.16. The van der Waals surface area contributed by atoms with Gasteiger partial charge in [0.1, 0.15) is 5.76 Å². The van der Waals surface area contributed by atoms with E-state index in [2.05, 4.69) is 10.6 Å². The minimum atomic E-state index is 0.0611. The van der Waals surface area contributed by atoms with Crippen molar-refractivity contribution in [1.82, 2.24) is 10.6 Å². The average molecular weight is 222 g/mol. The Morgan fingerprint density at radius 2 is 2.44 bits per heavy atom. The first-order chi connectivity index (χ1) is 7.74. The average Bonchev–Trinajstić information content (AvgIpc) is 2.94. The molecule has 2 rings (SSSR count). The van der Waals surface area contributed by atoms with E-state index >= 15 is 0 Å². The lowest BCUT2D eigenvalue weighted by atomic mass is 10.2. The molecule has 1 fully saturated rings. The molecular formula is C12H18N2O2. The minimum Gasteiger partial charge on any atom is -0.469 e. The molecule has 0 saturated heterocycles. The first-order valence-electron chi connectivity index (χ1n) is 5.79. The molecule has 0 radical (unpaired) electrons. The summed E-state index contributed by atoms with van der Waals surface area (Å²) in [6.07, 6.45) is 4.80. The Morgan fingerprint density at radius 1 is 1.62 bits per heavy atom. The first kappa shape index (κ1) is 11.2. The van der Waals surface area contributed by atoms with Crippen molar-refractivity contribution in [3.8, 4) is 0 Å². The van der Waals surface area contributed by atoms with Crippen LogP contribution in [0.1, 0.15) is 25.5 Å². The fraction of sp³-hybridized carbons (Fsp3) is 0.583. The molecule has 0 aliphatic heterocycles. The summed E-state index contributed by atoms with van der Waals surface area (Å²) in [4.78, 5) is 11.5. The molecule has 0 aromatic carbocycles. The van der Waals surface area contributed by atoms with Crippen LogP contribution in [-0.2, 0) is 11.2 Å². The van der Waals surface area contributed by atoms with Gasteiger partial charge in [-0.05, 0) is 31.9 Å². The molecule has 1 aromatic rings. The predicted molar refractivity (Wildman–Crippen MR) is 61.0 cm³/mol. The molecule has 1 heterocycles. The Kier molecular flexibility index (Phi) is 3.62. The summed E-state index contributed by atoms with van der Waals surface area (Å²) in [6.45, 7) is 2.41. The van der Waals surface area contributed by atoms with Gasteiger partial charge >= 0.3 is 0 Å². The van der Waals surface area contributed by atoms with E-state index in [9.17, 15) is 4.79 Å². The monoisotopic (exact) mass is 222 g/mol. The smallest absolute Gasteiger partial charge is 0.234 e. The van der Waals surface area contributed by atoms with Crippen LogP contribution in [0.5, 0.6) is 0 Å². The van der Waals surface area contributed by atoms with Gasteiger partial charge in [-0.3, -0.25) is 4.79 Å². The third-order valence-electron chi connectivity index (χ3n) is 2.62. The van der Waals surface area contributed by atoms with E-state index in [0.717, 1.165) is 12.2 Å². The highest BCUT2D eigenvalue weighted by atomic mass is 16.3. The largest absolute Gasteiger partial charge is 0.469 e. The van der Waals surface area contributed by atoms with Gasteiger partial charge in [0.2, 0.25) is 5.91 Å². The maximum absolute atomic E-state index is 11.5. The van der Waals surface area contributed by atoms with Crippen LogP contribution in [0.3, 0.4) is 0 Å². The zero-order valence-electron chi connectivity index (χ0n) is 9.53. The van der Waals surface area contributed by atoms with E-state index in [-0.39, 0.29) is 11.9 Å². The second-order valence-corrected chi connectivity index (χ2v) is 4.41. The summed E-state index contributed by atoms with van der Waals surface area (Å²) in [5.74, 6) is 0.967. The molecule has 0 spiro atoms. The third kappa shape index (κ3) is 3.70. The zero-order chi connectivity index (χ0) is 11.4. The summed E-state index contributed by atoms with van der Waals surface area (Å²) in [6, 6.07) is 4.47. The van der Waals surface area contributed by atoms with Crippen molar-refractivity contribution in [3.05, 3.63) is 24.2 Å². The third-order valence-corrected chi connectivity index (χ3v) is 2.62. The fourth-order valence-corrected chi connectivity index (χ4v) is 1.63. The SMILES string of the molecule is CC(Cc1ccco1)NC(=O)CNC1CC1. The number of nitrogens with one attached hydrogen (secondary N) is 2. The topological polar surface area (TPSA) is 54.3 Å². The van der Waals surface area contributed by atoms with Crippen molar-refractivity contribution in [2.75, 3.05) is 6.54 Å². The van der Waals surface area contributed by atoms with E-state index in [1.807, 2.05) is 19.1 Å². The summed E-state index contributed by atoms with van der Waals surface area (Å²) in [7, 11) is 0. The van der Waals surface area contributed by atoms with Gasteiger partial charge in [0.05, 0.1) is 12.8 Å². The van der Waals surface area contributed by atoms with Crippen molar-refractivity contribution in [1.29, 1.82) is 0 Å². The van der Waals surface area contributed by atoms with Gasteiger partial charge in [-0.15, -0.1) is 0 Å². The van der Waals surface area contributed by atoms with Crippen LogP contribution in [0.2, 0.25) is 0 Å². The van der Waals surface area contributed by atoms with Gasteiger partial charge in [-0.2, -0.15) is 0 Å². The molecule has 4 heteroatoms. The summed E-state index contributed by atoms with van der Waals surface area (Å²) < 4.78 is 5.23. The van der Waals surface area contributed by atoms with Gasteiger partial charge in [-0.1, -0.05) is 0 Å². The van der Waals surface area contributed by atoms with Gasteiger partial charge in [0.15, 0.2) is 0 Å². The van der Waals surface area contributed by atoms with E-state index in [0.29, 0.717) is 12.6 Å². The van der Waals surface area contributed by atoms with Crippen molar-refractivity contribution in [3.63, 3.8) is 0 Å². The molecule has 1 atom stereocenters. The number of rotatable bonds is 6. The van der Waals surface area contributed by atoms with Crippen molar-refractivity contribution in [2.45, 2.75) is 38.3 Å². The Morgan fingerprint density at radius 3 is 3.06 bits per heavy atom. The Bertz CT molecular complexity index is 331. The number of carbonyl (C=O) groups is 1. The maximum atomic E-state index is 11.5. The van der Waals surface area contributed by atoms with Crippen LogP contribution in [0.4, 0.5) is 0 Å². The van der Waals surface area contributed by atoms with Gasteiger partial charge in [0, 0.05) is 18.5 Å². The van der Waals surface area contributed by atoms with Crippen LogP contribution >= 0.6 is 0 Å². The van der Waals surface area contributed by atoms with E-state index < -0.39 is 0 Å². The molecule has 1 saturated carbocycles. The molecule has 1 unspecified atom stereocenters. The molecule has 0 bridgehead atoms. The summed E-state index contributed by atoms with van der Waals surface area (Å²) in [5, 5.41) is 6.12. The highest BCUT2D eigenvalue weighted by molar-refractivity contribution is 5.78. The predicted octanol–water partition coefficient (Wildman–Crippen LogP) is 1.08. The highest BCUT2D eigenvalue weighted by Gasteiger charge is 2.21. The standard InChI is InChI=1S/C12H18N2O2/c1-9(7-11-3-2-6-16-11)14-12(15)8-13-10-4-5-10/h2-3,6,9-10,13H,4-5,7-8H2,1H3,(H,14,15). The molecule has 4 nitrogen and oxygen atoms in total. The fourth-order valence-electron chi connectivity index (χ4n) is 1.63. The van der Waals surface area contributed by atoms with Crippen LogP contribution in [0.25, 0.3) is 0 Å². The van der Waals surface area contributed by atoms with Crippen LogP contribution in [0, 0.1) is 0 Å². The summed E-state index contributed by atoms with van der Waals surface area (Å²) in [5.41, 5.74) is 0. The molecule has 1 aliphatic rings. The number of hydrogen-bond donors (Lipinski definition) is 2. The van der Waals surface area contributed by atoms with Crippen LogP contribution < -0.4 is 10.6 Å². The Hall–Kier alpha value is -1.29. The lowest BCUT2D eigenvalue weighted by Crippen LogP contribution is -2.40. The van der Waals surface area contributed by atoms with Crippen molar-refractivity contribution in [2.24, 2.45) is 0 Å². The van der Waals surface area contributed by atoms with Gasteiger partial charge in [0.25, 0.3) is 0 Å². The van der Waals surface area contributed by atoms with Gasteiger partial charge < -0.3 is 15.1 Å². The lowest BCUT2D eigenvalue weighted by Gasteiger charge is -2.12. The lowest BCUT2D eigenvalue weighted by molar-refractivity contribution is -0.120. The molecule has 1 aliphatic carbocycles. The van der Waals surface area contributed by atoms with Gasteiger partial charge in [-0.25, -0.2) is 0 Å². The maximum Gasteiger partial charge on any atom is 0.234 e. The van der Waals surface area contributed by atoms with E-state index in [1.54, 1.807) is 6.26 Å².